The molecule has 1 aromatic heterocycles. The van der Waals surface area contributed by atoms with Crippen LogP contribution in [-0.2, 0) is 0 Å². The van der Waals surface area contributed by atoms with Crippen LogP contribution in [0, 0.1) is 0 Å². The minimum absolute atomic E-state index is 0.346. The van der Waals surface area contributed by atoms with E-state index in [2.05, 4.69) is 46.5 Å². The predicted molar refractivity (Wildman–Crippen MR) is 72.6 cm³/mol. The molecule has 0 radical (unpaired) electrons. The number of carbonyl (C=O) groups is 1. The normalized spacial score (nSPS) is 12.8. The van der Waals surface area contributed by atoms with E-state index in [0.29, 0.717) is 22.4 Å². The lowest BCUT2D eigenvalue weighted by molar-refractivity contribution is 0.110. The Morgan fingerprint density at radius 3 is 1.88 bits per heavy atom. The highest BCUT2D eigenvalue weighted by Crippen LogP contribution is 2.40. The number of hydrogen-bond acceptors (Lipinski definition) is 3. The summed E-state index contributed by atoms with van der Waals surface area (Å²) in [6.45, 7) is 13.5. The van der Waals surface area contributed by atoms with E-state index in [0.717, 1.165) is 11.8 Å². The highest BCUT2D eigenvalue weighted by molar-refractivity contribution is 6.93. The summed E-state index contributed by atoms with van der Waals surface area (Å²) < 4.78 is 5.66. The zero-order valence-corrected chi connectivity index (χ0v) is 12.7. The molecule has 0 bridgehead atoms. The van der Waals surface area contributed by atoms with Crippen molar-refractivity contribution in [2.24, 2.45) is 0 Å². The molecule has 0 saturated carbocycles. The van der Waals surface area contributed by atoms with E-state index in [9.17, 15) is 4.79 Å². The number of nitrogens with zero attached hydrogens (tertiary/aromatic N) is 1. The van der Waals surface area contributed by atoms with E-state index >= 15 is 0 Å². The maximum Gasteiger partial charge on any atom is 0.187 e. The molecule has 0 fully saturated rings. The Balaban J connectivity index is 3.35. The molecule has 0 atom stereocenters. The molecule has 0 aliphatic carbocycles. The van der Waals surface area contributed by atoms with E-state index in [1.807, 2.05) is 0 Å². The smallest absolute Gasteiger partial charge is 0.187 e. The van der Waals surface area contributed by atoms with Crippen molar-refractivity contribution in [3.63, 3.8) is 0 Å². The van der Waals surface area contributed by atoms with Crippen LogP contribution in [0.3, 0.4) is 0 Å². The Morgan fingerprint density at radius 2 is 1.59 bits per heavy atom. The summed E-state index contributed by atoms with van der Waals surface area (Å²) in [5.41, 5.74) is 2.46. The molecule has 0 aromatic carbocycles. The Labute approximate surface area is 105 Å². The quantitative estimate of drug-likeness (QED) is 0.597. The molecule has 0 aliphatic heterocycles. The first-order valence-electron chi connectivity index (χ1n) is 6.28. The predicted octanol–water partition coefficient (Wildman–Crippen LogP) is 3.37. The molecular weight excluding hydrogens is 230 g/mol. The van der Waals surface area contributed by atoms with Crippen molar-refractivity contribution in [3.8, 4) is 0 Å². The zero-order chi connectivity index (χ0) is 13.2. The molecule has 0 spiro atoms. The van der Waals surface area contributed by atoms with Crippen molar-refractivity contribution in [2.45, 2.75) is 58.2 Å². The lowest BCUT2D eigenvalue weighted by atomic mass is 10.5. The average Bonchev–Trinajstić information content (AvgIpc) is 2.65. The lowest BCUT2D eigenvalue weighted by Gasteiger charge is -2.39. The van der Waals surface area contributed by atoms with Crippen molar-refractivity contribution in [2.75, 3.05) is 0 Å². The van der Waals surface area contributed by atoms with Crippen molar-refractivity contribution in [1.29, 1.82) is 0 Å². The van der Waals surface area contributed by atoms with Crippen LogP contribution >= 0.6 is 0 Å². The molecule has 17 heavy (non-hydrogen) atoms. The van der Waals surface area contributed by atoms with Crippen LogP contribution in [0.2, 0.25) is 16.6 Å². The Morgan fingerprint density at radius 1 is 1.12 bits per heavy atom. The molecule has 1 aromatic rings. The molecule has 0 aliphatic rings. The van der Waals surface area contributed by atoms with Gasteiger partial charge in [0, 0.05) is 0 Å². The summed E-state index contributed by atoms with van der Waals surface area (Å²) in [7, 11) is -1.84. The fourth-order valence-electron chi connectivity index (χ4n) is 3.28. The van der Waals surface area contributed by atoms with Crippen molar-refractivity contribution in [1.82, 2.24) is 4.98 Å². The van der Waals surface area contributed by atoms with Crippen molar-refractivity contribution >= 4 is 19.9 Å². The van der Waals surface area contributed by atoms with Crippen LogP contribution in [0.25, 0.3) is 0 Å². The van der Waals surface area contributed by atoms with Crippen LogP contribution in [0.5, 0.6) is 0 Å². The molecular formula is C13H23NO2Si. The van der Waals surface area contributed by atoms with Crippen molar-refractivity contribution in [3.05, 3.63) is 12.0 Å². The van der Waals surface area contributed by atoms with Gasteiger partial charge >= 0.3 is 0 Å². The number of oxazole rings is 1. The van der Waals surface area contributed by atoms with Gasteiger partial charge in [0.2, 0.25) is 0 Å². The van der Waals surface area contributed by atoms with Crippen LogP contribution in [0.1, 0.15) is 52.1 Å². The van der Waals surface area contributed by atoms with Crippen LogP contribution in [-0.4, -0.2) is 19.3 Å². The van der Waals surface area contributed by atoms with Crippen LogP contribution < -0.4 is 5.51 Å². The second kappa shape index (κ2) is 5.17. The first-order chi connectivity index (χ1) is 7.87. The van der Waals surface area contributed by atoms with Gasteiger partial charge in [-0.25, -0.2) is 4.98 Å². The van der Waals surface area contributed by atoms with E-state index in [4.69, 9.17) is 4.42 Å². The third-order valence-corrected chi connectivity index (χ3v) is 10.6. The van der Waals surface area contributed by atoms with Gasteiger partial charge in [0.05, 0.1) is 6.20 Å². The summed E-state index contributed by atoms with van der Waals surface area (Å²) in [6.07, 6.45) is 2.29. The number of aromatic nitrogens is 1. The molecule has 96 valence electrons. The molecule has 0 amide bonds. The molecule has 0 unspecified atom stereocenters. The second-order valence-electron chi connectivity index (χ2n) is 5.58. The molecule has 1 rings (SSSR count). The summed E-state index contributed by atoms with van der Waals surface area (Å²) >= 11 is 0. The number of carbonyl (C=O) groups excluding carboxylic acids is 1. The van der Waals surface area contributed by atoms with E-state index in [1.165, 1.54) is 0 Å². The monoisotopic (exact) mass is 253 g/mol. The molecule has 0 N–H and O–H groups in total. The summed E-state index contributed by atoms with van der Waals surface area (Å²) in [5, 5.41) is 0. The zero-order valence-electron chi connectivity index (χ0n) is 11.7. The topological polar surface area (TPSA) is 43.1 Å². The summed E-state index contributed by atoms with van der Waals surface area (Å²) in [5.74, 6) is 0.346. The van der Waals surface area contributed by atoms with Gasteiger partial charge in [0.1, 0.15) is 0 Å². The minimum atomic E-state index is -1.84. The fraction of sp³-hybridized carbons (Fsp3) is 0.692. The first kappa shape index (κ1) is 14.2. The maximum absolute atomic E-state index is 10.7. The Hall–Kier alpha value is -0.903. The van der Waals surface area contributed by atoms with E-state index in [-0.39, 0.29) is 0 Å². The van der Waals surface area contributed by atoms with E-state index in [1.54, 1.807) is 6.20 Å². The van der Waals surface area contributed by atoms with Gasteiger partial charge in [-0.15, -0.1) is 0 Å². The first-order valence-corrected chi connectivity index (χ1v) is 8.52. The van der Waals surface area contributed by atoms with Gasteiger partial charge in [0.25, 0.3) is 0 Å². The Kier molecular flexibility index (Phi) is 4.30. The number of hydrogen-bond donors (Lipinski definition) is 0. The highest BCUT2D eigenvalue weighted by Gasteiger charge is 2.48. The minimum Gasteiger partial charge on any atom is -0.443 e. The van der Waals surface area contributed by atoms with Crippen LogP contribution in [0.15, 0.2) is 10.6 Å². The van der Waals surface area contributed by atoms with Gasteiger partial charge in [-0.05, 0) is 16.6 Å². The standard InChI is InChI=1S/C13H23NO2Si/c1-9(2)17(10(3)4,11(5)6)13-14-7-12(8-15)16-13/h7-11H,1-6H3. The maximum atomic E-state index is 10.7. The third kappa shape index (κ3) is 2.23. The van der Waals surface area contributed by atoms with Gasteiger partial charge in [0.15, 0.2) is 25.6 Å². The third-order valence-electron chi connectivity index (χ3n) is 3.88. The molecule has 3 nitrogen and oxygen atoms in total. The summed E-state index contributed by atoms with van der Waals surface area (Å²) in [6, 6.07) is 0. The average molecular weight is 253 g/mol. The van der Waals surface area contributed by atoms with Gasteiger partial charge < -0.3 is 4.42 Å². The number of aldehydes is 1. The largest absolute Gasteiger partial charge is 0.443 e. The van der Waals surface area contributed by atoms with Gasteiger partial charge in [-0.3, -0.25) is 4.79 Å². The lowest BCUT2D eigenvalue weighted by Crippen LogP contribution is -2.56. The summed E-state index contributed by atoms with van der Waals surface area (Å²) in [4.78, 5) is 15.1. The number of rotatable bonds is 5. The SMILES string of the molecule is CC(C)[Si](c1ncc(C=O)o1)(C(C)C)C(C)C. The van der Waals surface area contributed by atoms with Crippen LogP contribution in [0.4, 0.5) is 0 Å². The van der Waals surface area contributed by atoms with E-state index < -0.39 is 8.07 Å². The van der Waals surface area contributed by atoms with Gasteiger partial charge in [-0.1, -0.05) is 41.5 Å². The van der Waals surface area contributed by atoms with Gasteiger partial charge in [-0.2, -0.15) is 0 Å². The molecule has 4 heteroatoms. The molecule has 1 heterocycles. The fourth-order valence-corrected chi connectivity index (χ4v) is 9.35. The highest BCUT2D eigenvalue weighted by atomic mass is 28.3. The van der Waals surface area contributed by atoms with Crippen molar-refractivity contribution < 1.29 is 9.21 Å². The molecule has 0 saturated heterocycles. The Bertz CT molecular complexity index is 361. The second-order valence-corrected chi connectivity index (χ2v) is 11.3.